The Labute approximate surface area is 155 Å². The summed E-state index contributed by atoms with van der Waals surface area (Å²) in [5.41, 5.74) is 5.91. The van der Waals surface area contributed by atoms with E-state index in [0.29, 0.717) is 13.0 Å². The van der Waals surface area contributed by atoms with Gasteiger partial charge in [0.25, 0.3) is 0 Å². The lowest BCUT2D eigenvalue weighted by Crippen LogP contribution is -2.76. The van der Waals surface area contributed by atoms with Gasteiger partial charge in [-0.3, -0.25) is 4.79 Å². The highest BCUT2D eigenvalue weighted by molar-refractivity contribution is 5.73. The highest BCUT2D eigenvalue weighted by Gasteiger charge is 1.94. The number of nitrogens with two attached hydrogens (primary N) is 2. The average molecular weight is 355 g/mol. The average Bonchev–Trinajstić information content (AvgIpc) is 2.59. The molecule has 0 heterocycles. The highest BCUT2D eigenvalue weighted by atomic mass is 16.5. The van der Waals surface area contributed by atoms with Crippen LogP contribution in [0.25, 0.3) is 0 Å². The number of rotatable bonds is 17. The smallest absolute Gasteiger partial charge is 0.217 e. The summed E-state index contributed by atoms with van der Waals surface area (Å²) in [6, 6.07) is 0. The monoisotopic (exact) mass is 354 g/mol. The van der Waals surface area contributed by atoms with E-state index in [4.69, 9.17) is 5.73 Å². The van der Waals surface area contributed by atoms with Gasteiger partial charge in [0.05, 0.1) is 6.54 Å². The Morgan fingerprint density at radius 1 is 0.920 bits per heavy atom. The van der Waals surface area contributed by atoms with Gasteiger partial charge in [-0.1, -0.05) is 77.0 Å². The van der Waals surface area contributed by atoms with Crippen LogP contribution in [0.3, 0.4) is 0 Å². The molecule has 0 aromatic heterocycles. The zero-order chi connectivity index (χ0) is 19.0. The first-order valence-corrected chi connectivity index (χ1v) is 10.2. The zero-order valence-corrected chi connectivity index (χ0v) is 16.5. The third kappa shape index (κ3) is 31.2. The van der Waals surface area contributed by atoms with Crippen LogP contribution < -0.4 is 11.2 Å². The molecule has 0 aliphatic rings. The molecule has 4 nitrogen and oxygen atoms in total. The molecule has 148 valence electrons. The van der Waals surface area contributed by atoms with Crippen LogP contribution in [0.4, 0.5) is 0 Å². The molecule has 0 radical (unpaired) electrons. The second kappa shape index (κ2) is 25.1. The van der Waals surface area contributed by atoms with Crippen molar-refractivity contribution in [3.05, 3.63) is 30.0 Å². The maximum atomic E-state index is 10.5. The second-order valence-electron chi connectivity index (χ2n) is 6.49. The molecule has 0 aromatic carbocycles. The molecule has 0 aliphatic heterocycles. The van der Waals surface area contributed by atoms with Gasteiger partial charge in [0.15, 0.2) is 0 Å². The molecule has 0 atom stereocenters. The Morgan fingerprint density at radius 2 is 1.40 bits per heavy atom. The maximum Gasteiger partial charge on any atom is 0.217 e. The Morgan fingerprint density at radius 3 is 1.80 bits per heavy atom. The van der Waals surface area contributed by atoms with Crippen molar-refractivity contribution in [2.24, 2.45) is 5.73 Å². The van der Waals surface area contributed by atoms with Gasteiger partial charge in [-0.2, -0.15) is 0 Å². The van der Waals surface area contributed by atoms with Gasteiger partial charge < -0.3 is 16.4 Å². The topological polar surface area (TPSA) is 82.8 Å². The van der Waals surface area contributed by atoms with E-state index >= 15 is 0 Å². The molecule has 0 aromatic rings. The van der Waals surface area contributed by atoms with E-state index in [1.54, 1.807) is 6.08 Å². The molecule has 0 rings (SSSR count). The van der Waals surface area contributed by atoms with Gasteiger partial charge in [0, 0.05) is 6.42 Å². The van der Waals surface area contributed by atoms with Gasteiger partial charge in [0.2, 0.25) is 5.91 Å². The van der Waals surface area contributed by atoms with E-state index in [2.05, 4.69) is 25.7 Å². The fourth-order valence-electron chi connectivity index (χ4n) is 2.44. The molecule has 0 aliphatic carbocycles. The van der Waals surface area contributed by atoms with Gasteiger partial charge >= 0.3 is 0 Å². The summed E-state index contributed by atoms with van der Waals surface area (Å²) in [4.78, 5) is 10.5. The van der Waals surface area contributed by atoms with E-state index in [9.17, 15) is 10.0 Å². The zero-order valence-electron chi connectivity index (χ0n) is 16.5. The predicted molar refractivity (Wildman–Crippen MR) is 109 cm³/mol. The molecular formula is C21H42N2O2. The summed E-state index contributed by atoms with van der Waals surface area (Å²) < 4.78 is 0. The molecule has 0 bridgehead atoms. The largest absolute Gasteiger partial charge is 0.636 e. The minimum Gasteiger partial charge on any atom is -0.636 e. The van der Waals surface area contributed by atoms with Crippen LogP contribution in [0.5, 0.6) is 0 Å². The minimum atomic E-state index is -0.164. The van der Waals surface area contributed by atoms with Crippen LogP contribution in [-0.4, -0.2) is 12.5 Å². The number of hydrogen-bond donors (Lipinski definition) is 2. The fraction of sp³-hybridized carbons (Fsp3) is 0.762. The summed E-state index contributed by atoms with van der Waals surface area (Å²) in [5, 5.41) is 9.33. The van der Waals surface area contributed by atoms with Crippen molar-refractivity contribution in [2.45, 2.75) is 96.8 Å². The van der Waals surface area contributed by atoms with Crippen molar-refractivity contribution in [1.29, 1.82) is 0 Å². The van der Waals surface area contributed by atoms with E-state index in [1.165, 1.54) is 70.6 Å². The number of amides is 1. The number of quaternary nitrogens is 1. The van der Waals surface area contributed by atoms with Crippen molar-refractivity contribution < 1.29 is 10.3 Å². The highest BCUT2D eigenvalue weighted by Crippen LogP contribution is 2.09. The van der Waals surface area contributed by atoms with Crippen LogP contribution >= 0.6 is 0 Å². The van der Waals surface area contributed by atoms with E-state index < -0.39 is 0 Å². The van der Waals surface area contributed by atoms with Crippen molar-refractivity contribution in [3.8, 4) is 0 Å². The van der Waals surface area contributed by atoms with E-state index in [1.807, 2.05) is 0 Å². The van der Waals surface area contributed by atoms with Gasteiger partial charge in [-0.05, 0) is 38.2 Å². The Balaban J connectivity index is 0. The van der Waals surface area contributed by atoms with Crippen molar-refractivity contribution in [3.63, 3.8) is 0 Å². The summed E-state index contributed by atoms with van der Waals surface area (Å²) in [6.07, 6.45) is 23.5. The third-order valence-electron chi connectivity index (χ3n) is 3.95. The Hall–Kier alpha value is -1.13. The summed E-state index contributed by atoms with van der Waals surface area (Å²) in [6.45, 7) is 6.06. The van der Waals surface area contributed by atoms with Crippen molar-refractivity contribution >= 4 is 5.91 Å². The predicted octanol–water partition coefficient (Wildman–Crippen LogP) is 4.74. The van der Waals surface area contributed by atoms with Crippen molar-refractivity contribution in [1.82, 2.24) is 0 Å². The van der Waals surface area contributed by atoms with Crippen LogP contribution in [0.15, 0.2) is 24.8 Å². The first kappa shape index (κ1) is 26.1. The lowest BCUT2D eigenvalue weighted by atomic mass is 10.1. The van der Waals surface area contributed by atoms with Gasteiger partial charge in [-0.25, -0.2) is 0 Å². The molecule has 0 fully saturated rings. The third-order valence-corrected chi connectivity index (χ3v) is 3.95. The molecule has 1 amide bonds. The first-order chi connectivity index (χ1) is 12.2. The molecule has 0 spiro atoms. The molecule has 0 unspecified atom stereocenters. The van der Waals surface area contributed by atoms with Crippen LogP contribution in [0.2, 0.25) is 0 Å². The van der Waals surface area contributed by atoms with Gasteiger partial charge in [0.1, 0.15) is 0 Å². The Kier molecular flexibility index (Phi) is 26.2. The summed E-state index contributed by atoms with van der Waals surface area (Å²) in [7, 11) is 0. The van der Waals surface area contributed by atoms with Crippen LogP contribution in [0.1, 0.15) is 96.8 Å². The SMILES string of the molecule is C=CC[NH2+][O-].CCCCCCCC/C=C\CCCCCCCC(N)=O. The summed E-state index contributed by atoms with van der Waals surface area (Å²) >= 11 is 0. The number of carbonyl (C=O) groups excluding carboxylic acids is 1. The number of carbonyl (C=O) groups is 1. The number of allylic oxidation sites excluding steroid dienone is 2. The number of hydroxylamine groups is 1. The minimum absolute atomic E-state index is 0.164. The molecule has 0 saturated carbocycles. The number of hydrogen-bond acceptors (Lipinski definition) is 2. The lowest BCUT2D eigenvalue weighted by molar-refractivity contribution is -0.578. The maximum absolute atomic E-state index is 10.5. The van der Waals surface area contributed by atoms with Gasteiger partial charge in [-0.15, -0.1) is 0 Å². The van der Waals surface area contributed by atoms with Crippen LogP contribution in [0, 0.1) is 5.21 Å². The lowest BCUT2D eigenvalue weighted by Gasteiger charge is -1.99. The van der Waals surface area contributed by atoms with Crippen LogP contribution in [-0.2, 0) is 4.79 Å². The normalized spacial score (nSPS) is 10.5. The quantitative estimate of drug-likeness (QED) is 0.225. The molecular weight excluding hydrogens is 312 g/mol. The molecule has 4 heteroatoms. The standard InChI is InChI=1S/C18H35NO.C3H7NO/c1-2-3-4-5-6-7-8-9-10-11-12-13-14-15-16-17-18(19)20;1-2-3-4-5/h9-10H,2-8,11-17H2,1H3,(H2,19,20);2H,1,3-4H2/b10-9-;. The summed E-state index contributed by atoms with van der Waals surface area (Å²) in [5.74, 6) is -0.164. The van der Waals surface area contributed by atoms with E-state index in [-0.39, 0.29) is 5.91 Å². The number of unbranched alkanes of at least 4 members (excludes halogenated alkanes) is 11. The molecule has 0 saturated heterocycles. The fourth-order valence-corrected chi connectivity index (χ4v) is 2.44. The molecule has 25 heavy (non-hydrogen) atoms. The number of primary amides is 1. The van der Waals surface area contributed by atoms with E-state index in [0.717, 1.165) is 18.3 Å². The Bertz CT molecular complexity index is 304. The first-order valence-electron chi connectivity index (χ1n) is 10.2. The molecule has 4 N–H and O–H groups in total. The second-order valence-corrected chi connectivity index (χ2v) is 6.49. The van der Waals surface area contributed by atoms with Crippen molar-refractivity contribution in [2.75, 3.05) is 6.54 Å².